The highest BCUT2D eigenvalue weighted by molar-refractivity contribution is 7.90. The highest BCUT2D eigenvalue weighted by atomic mass is 32.2. The first-order valence-corrected chi connectivity index (χ1v) is 12.7. The molecule has 0 radical (unpaired) electrons. The second-order valence-electron chi connectivity index (χ2n) is 8.10. The quantitative estimate of drug-likeness (QED) is 0.441. The molecular formula is C26H25N3O7S. The van der Waals surface area contributed by atoms with Crippen molar-refractivity contribution in [2.24, 2.45) is 0 Å². The molecule has 0 aromatic heterocycles. The molecule has 11 heteroatoms. The maximum Gasteiger partial charge on any atom is 0.269 e. The lowest BCUT2D eigenvalue weighted by Crippen LogP contribution is -2.37. The largest absolute Gasteiger partial charge is 0.493 e. The van der Waals surface area contributed by atoms with E-state index in [2.05, 4.69) is 10.6 Å². The molecule has 0 fully saturated rings. The Hall–Kier alpha value is -4.38. The third kappa shape index (κ3) is 5.26. The topological polar surface area (TPSA) is 131 Å². The molecule has 0 unspecified atom stereocenters. The summed E-state index contributed by atoms with van der Waals surface area (Å²) < 4.78 is 36.5. The van der Waals surface area contributed by atoms with Crippen molar-refractivity contribution in [3.05, 3.63) is 83.4 Å². The van der Waals surface area contributed by atoms with Gasteiger partial charge in [-0.3, -0.25) is 14.4 Å². The highest BCUT2D eigenvalue weighted by Gasteiger charge is 2.41. The lowest BCUT2D eigenvalue weighted by molar-refractivity contribution is -0.116. The van der Waals surface area contributed by atoms with Crippen LogP contribution in [-0.4, -0.2) is 57.8 Å². The smallest absolute Gasteiger partial charge is 0.269 e. The van der Waals surface area contributed by atoms with Crippen molar-refractivity contribution in [2.75, 3.05) is 32.6 Å². The third-order valence-electron chi connectivity index (χ3n) is 5.79. The second kappa shape index (κ2) is 10.7. The van der Waals surface area contributed by atoms with Crippen LogP contribution >= 0.6 is 0 Å². The number of carbonyl (C=O) groups is 3. The van der Waals surface area contributed by atoms with Gasteiger partial charge in [0, 0.05) is 6.54 Å². The molecule has 4 rings (SSSR count). The molecule has 0 saturated heterocycles. The maximum atomic E-state index is 12.8. The zero-order valence-corrected chi connectivity index (χ0v) is 21.0. The Balaban J connectivity index is 1.40. The van der Waals surface area contributed by atoms with Crippen LogP contribution in [0.15, 0.2) is 71.6 Å². The van der Waals surface area contributed by atoms with Gasteiger partial charge in [-0.05, 0) is 48.4 Å². The maximum absolute atomic E-state index is 12.8. The minimum absolute atomic E-state index is 0.0181. The molecule has 0 spiro atoms. The molecule has 1 aliphatic heterocycles. The number of rotatable bonds is 9. The lowest BCUT2D eigenvalue weighted by atomic mass is 10.1. The summed E-state index contributed by atoms with van der Waals surface area (Å²) in [5.41, 5.74) is 1.33. The van der Waals surface area contributed by atoms with Gasteiger partial charge in [-0.2, -0.15) is 0 Å². The van der Waals surface area contributed by atoms with Gasteiger partial charge < -0.3 is 20.1 Å². The van der Waals surface area contributed by atoms with E-state index in [0.717, 1.165) is 5.56 Å². The first-order chi connectivity index (χ1) is 17.8. The van der Waals surface area contributed by atoms with E-state index in [4.69, 9.17) is 9.47 Å². The number of nitrogens with one attached hydrogen (secondary N) is 2. The van der Waals surface area contributed by atoms with Crippen molar-refractivity contribution in [2.45, 2.75) is 11.3 Å². The first kappa shape index (κ1) is 25.7. The van der Waals surface area contributed by atoms with E-state index in [9.17, 15) is 22.8 Å². The van der Waals surface area contributed by atoms with Crippen LogP contribution in [0.4, 0.5) is 5.69 Å². The van der Waals surface area contributed by atoms with Crippen molar-refractivity contribution < 1.29 is 32.3 Å². The van der Waals surface area contributed by atoms with Crippen LogP contribution in [0.1, 0.15) is 26.3 Å². The van der Waals surface area contributed by atoms with E-state index in [0.29, 0.717) is 28.8 Å². The number of nitrogens with zero attached hydrogens (tertiary/aromatic N) is 1. The standard InChI is InChI=1S/C26H25N3O7S/c1-35-21-12-11-17(15-22(21)36-2)13-14-27-25(31)18-7-3-5-9-20(18)28-24(30)16-29-26(32)19-8-4-6-10-23(19)37(29,33)34/h3-12,15H,13-14,16H2,1-2H3,(H,27,31)(H,28,30). The van der Waals surface area contributed by atoms with E-state index >= 15 is 0 Å². The molecule has 1 heterocycles. The van der Waals surface area contributed by atoms with Crippen molar-refractivity contribution in [3.8, 4) is 11.5 Å². The molecule has 3 aromatic carbocycles. The normalized spacial score (nSPS) is 13.6. The molecule has 0 aliphatic carbocycles. The van der Waals surface area contributed by atoms with E-state index in [-0.39, 0.29) is 21.7 Å². The van der Waals surface area contributed by atoms with Gasteiger partial charge in [-0.25, -0.2) is 12.7 Å². The Morgan fingerprint density at radius 3 is 2.35 bits per heavy atom. The number of hydrogen-bond acceptors (Lipinski definition) is 7. The summed E-state index contributed by atoms with van der Waals surface area (Å²) in [4.78, 5) is 38.0. The number of methoxy groups -OCH3 is 2. The summed E-state index contributed by atoms with van der Waals surface area (Å²) in [7, 11) is -1.04. The number of carbonyl (C=O) groups excluding carboxylic acids is 3. The Labute approximate surface area is 214 Å². The van der Waals surface area contributed by atoms with Crippen molar-refractivity contribution >= 4 is 33.4 Å². The molecule has 192 valence electrons. The molecule has 3 aromatic rings. The zero-order valence-electron chi connectivity index (χ0n) is 20.2. The van der Waals surface area contributed by atoms with Crippen LogP contribution in [0.25, 0.3) is 0 Å². The monoisotopic (exact) mass is 523 g/mol. The molecule has 37 heavy (non-hydrogen) atoms. The molecule has 0 atom stereocenters. The minimum atomic E-state index is -4.13. The molecule has 10 nitrogen and oxygen atoms in total. The van der Waals surface area contributed by atoms with Crippen LogP contribution in [0.2, 0.25) is 0 Å². The van der Waals surface area contributed by atoms with Crippen molar-refractivity contribution in [3.63, 3.8) is 0 Å². The second-order valence-corrected chi connectivity index (χ2v) is 9.93. The summed E-state index contributed by atoms with van der Waals surface area (Å²) in [6, 6.07) is 17.6. The highest BCUT2D eigenvalue weighted by Crippen LogP contribution is 2.30. The van der Waals surface area contributed by atoms with Crippen LogP contribution < -0.4 is 20.1 Å². The number of para-hydroxylation sites is 1. The number of benzene rings is 3. The van der Waals surface area contributed by atoms with Crippen molar-refractivity contribution in [1.29, 1.82) is 0 Å². The fraction of sp³-hybridized carbons (Fsp3) is 0.192. The number of sulfonamides is 1. The number of fused-ring (bicyclic) bond motifs is 1. The van der Waals surface area contributed by atoms with Gasteiger partial charge in [-0.1, -0.05) is 30.3 Å². The number of amides is 3. The van der Waals surface area contributed by atoms with E-state index in [1.807, 2.05) is 12.1 Å². The van der Waals surface area contributed by atoms with Gasteiger partial charge in [0.1, 0.15) is 11.4 Å². The fourth-order valence-corrected chi connectivity index (χ4v) is 5.47. The predicted molar refractivity (Wildman–Crippen MR) is 135 cm³/mol. The summed E-state index contributed by atoms with van der Waals surface area (Å²) in [6.07, 6.45) is 0.524. The minimum Gasteiger partial charge on any atom is -0.493 e. The third-order valence-corrected chi connectivity index (χ3v) is 7.58. The average Bonchev–Trinajstić information content (AvgIpc) is 3.09. The van der Waals surface area contributed by atoms with Crippen LogP contribution in [0.5, 0.6) is 11.5 Å². The van der Waals surface area contributed by atoms with Crippen LogP contribution in [-0.2, 0) is 21.2 Å². The van der Waals surface area contributed by atoms with Gasteiger partial charge in [0.05, 0.1) is 31.0 Å². The SMILES string of the molecule is COc1ccc(CCNC(=O)c2ccccc2NC(=O)CN2C(=O)c3ccccc3S2(=O)=O)cc1OC. The van der Waals surface area contributed by atoms with Gasteiger partial charge in [0.15, 0.2) is 11.5 Å². The predicted octanol–water partition coefficient (Wildman–Crippen LogP) is 2.46. The molecule has 2 N–H and O–H groups in total. The zero-order chi connectivity index (χ0) is 26.6. The van der Waals surface area contributed by atoms with E-state index in [1.165, 1.54) is 30.3 Å². The van der Waals surface area contributed by atoms with Crippen LogP contribution in [0, 0.1) is 0 Å². The number of anilines is 1. The number of ether oxygens (including phenoxy) is 2. The Kier molecular flexibility index (Phi) is 7.44. The Bertz CT molecular complexity index is 1470. The molecule has 1 aliphatic rings. The summed E-state index contributed by atoms with van der Waals surface area (Å²) >= 11 is 0. The molecule has 0 bridgehead atoms. The summed E-state index contributed by atoms with van der Waals surface area (Å²) in [5.74, 6) is -0.760. The van der Waals surface area contributed by atoms with E-state index < -0.39 is 34.3 Å². The summed E-state index contributed by atoms with van der Waals surface area (Å²) in [5, 5.41) is 5.36. The summed E-state index contributed by atoms with van der Waals surface area (Å²) in [6.45, 7) is -0.402. The first-order valence-electron chi connectivity index (χ1n) is 11.3. The van der Waals surface area contributed by atoms with Gasteiger partial charge >= 0.3 is 0 Å². The molecule has 0 saturated carbocycles. The van der Waals surface area contributed by atoms with Crippen LogP contribution in [0.3, 0.4) is 0 Å². The van der Waals surface area contributed by atoms with E-state index in [1.54, 1.807) is 38.5 Å². The Morgan fingerprint density at radius 1 is 0.919 bits per heavy atom. The number of hydrogen-bond donors (Lipinski definition) is 2. The molecule has 3 amide bonds. The average molecular weight is 524 g/mol. The van der Waals surface area contributed by atoms with Gasteiger partial charge in [-0.15, -0.1) is 0 Å². The fourth-order valence-electron chi connectivity index (χ4n) is 3.95. The Morgan fingerprint density at radius 2 is 1.62 bits per heavy atom. The lowest BCUT2D eigenvalue weighted by Gasteiger charge is -2.16. The van der Waals surface area contributed by atoms with Crippen molar-refractivity contribution in [1.82, 2.24) is 9.62 Å². The van der Waals surface area contributed by atoms with Gasteiger partial charge in [0.25, 0.3) is 21.8 Å². The van der Waals surface area contributed by atoms with Gasteiger partial charge in [0.2, 0.25) is 5.91 Å². The molecular weight excluding hydrogens is 498 g/mol.